The lowest BCUT2D eigenvalue weighted by molar-refractivity contribution is -0.123. The van der Waals surface area contributed by atoms with E-state index in [1.165, 1.54) is 109 Å². The molecule has 42 heavy (non-hydrogen) atoms. The van der Waals surface area contributed by atoms with Crippen molar-refractivity contribution in [2.24, 2.45) is 0 Å². The minimum atomic E-state index is -0.869. The molecule has 0 aromatic rings. The van der Waals surface area contributed by atoms with Crippen LogP contribution >= 0.6 is 0 Å². The van der Waals surface area contributed by atoms with Crippen molar-refractivity contribution in [3.05, 3.63) is 48.6 Å². The molecule has 2 atom stereocenters. The molecule has 1 amide bonds. The van der Waals surface area contributed by atoms with Gasteiger partial charge in [0.15, 0.2) is 0 Å². The number of carbonyl (C=O) groups excluding carboxylic acids is 1. The molecule has 0 aliphatic carbocycles. The molecular formula is C38H69NO3. The molecule has 244 valence electrons. The lowest BCUT2D eigenvalue weighted by atomic mass is 10.1. The zero-order valence-electron chi connectivity index (χ0n) is 27.8. The van der Waals surface area contributed by atoms with Crippen molar-refractivity contribution in [1.82, 2.24) is 5.32 Å². The lowest BCUT2D eigenvalue weighted by Gasteiger charge is -2.19. The van der Waals surface area contributed by atoms with Crippen molar-refractivity contribution in [3.8, 4) is 0 Å². The Balaban J connectivity index is 3.71. The Bertz CT molecular complexity index is 682. The molecule has 4 nitrogen and oxygen atoms in total. The number of hydrogen-bond donors (Lipinski definition) is 3. The van der Waals surface area contributed by atoms with Crippen molar-refractivity contribution in [1.29, 1.82) is 0 Å². The van der Waals surface area contributed by atoms with E-state index in [2.05, 4.69) is 55.6 Å². The van der Waals surface area contributed by atoms with E-state index in [-0.39, 0.29) is 12.5 Å². The highest BCUT2D eigenvalue weighted by Gasteiger charge is 2.17. The molecule has 0 heterocycles. The van der Waals surface area contributed by atoms with Crippen LogP contribution in [0.3, 0.4) is 0 Å². The summed E-state index contributed by atoms with van der Waals surface area (Å²) in [5, 5.41) is 22.8. The molecule has 0 rings (SSSR count). The van der Waals surface area contributed by atoms with Gasteiger partial charge in [0, 0.05) is 6.42 Å². The summed E-state index contributed by atoms with van der Waals surface area (Å²) in [4.78, 5) is 12.3. The lowest BCUT2D eigenvalue weighted by Crippen LogP contribution is -2.45. The van der Waals surface area contributed by atoms with E-state index in [0.29, 0.717) is 6.42 Å². The molecule has 0 aliphatic heterocycles. The summed E-state index contributed by atoms with van der Waals surface area (Å²) in [6.07, 6.45) is 44.7. The summed E-state index contributed by atoms with van der Waals surface area (Å²) in [7, 11) is 0. The van der Waals surface area contributed by atoms with Gasteiger partial charge >= 0.3 is 0 Å². The van der Waals surface area contributed by atoms with E-state index in [1.54, 1.807) is 6.08 Å². The fourth-order valence-electron chi connectivity index (χ4n) is 4.97. The zero-order valence-corrected chi connectivity index (χ0v) is 27.8. The standard InChI is InChI=1S/C38H69NO3/c1-3-5-7-9-11-13-15-17-18-19-20-22-24-26-28-30-32-34-38(42)39-36(35-40)37(41)33-31-29-27-25-23-21-16-14-12-10-8-6-4-2/h12,14,17-18,23,25,31,33,36-37,40-41H,3-11,13,15-16,19-22,24,26-30,32,34-35H2,1-2H3,(H,39,42)/b14-12+,18-17-,25-23+,33-31+. The smallest absolute Gasteiger partial charge is 0.220 e. The van der Waals surface area contributed by atoms with Crippen LogP contribution in [0.15, 0.2) is 48.6 Å². The van der Waals surface area contributed by atoms with Crippen LogP contribution in [0.4, 0.5) is 0 Å². The Kier molecular flexibility index (Phi) is 32.5. The third-order valence-corrected chi connectivity index (χ3v) is 7.76. The molecule has 4 heteroatoms. The zero-order chi connectivity index (χ0) is 30.8. The molecule has 3 N–H and O–H groups in total. The van der Waals surface area contributed by atoms with Gasteiger partial charge in [-0.2, -0.15) is 0 Å². The highest BCUT2D eigenvalue weighted by Crippen LogP contribution is 2.12. The van der Waals surface area contributed by atoms with Crippen molar-refractivity contribution >= 4 is 5.91 Å². The SMILES string of the molecule is CCCCC/C=C/CC/C=C/CC/C=C/C(O)C(CO)NC(=O)CCCCCCCCC/C=C\CCCCCCCC. The topological polar surface area (TPSA) is 69.6 Å². The summed E-state index contributed by atoms with van der Waals surface area (Å²) >= 11 is 0. The summed E-state index contributed by atoms with van der Waals surface area (Å²) < 4.78 is 0. The van der Waals surface area contributed by atoms with Gasteiger partial charge in [0.05, 0.1) is 18.8 Å². The molecule has 0 radical (unpaired) electrons. The van der Waals surface area contributed by atoms with Crippen LogP contribution in [0.5, 0.6) is 0 Å². The molecule has 0 aromatic carbocycles. The predicted octanol–water partition coefficient (Wildman–Crippen LogP) is 10.5. The number of amides is 1. The Morgan fingerprint density at radius 1 is 0.548 bits per heavy atom. The molecule has 0 aromatic heterocycles. The molecule has 2 unspecified atom stereocenters. The van der Waals surface area contributed by atoms with E-state index < -0.39 is 12.1 Å². The van der Waals surface area contributed by atoms with Crippen LogP contribution in [0, 0.1) is 0 Å². The maximum Gasteiger partial charge on any atom is 0.220 e. The number of hydrogen-bond acceptors (Lipinski definition) is 3. The Morgan fingerprint density at radius 3 is 1.43 bits per heavy atom. The summed E-state index contributed by atoms with van der Waals surface area (Å²) in [5.74, 6) is -0.0865. The van der Waals surface area contributed by atoms with Crippen LogP contribution < -0.4 is 5.32 Å². The minimum Gasteiger partial charge on any atom is -0.394 e. The van der Waals surface area contributed by atoms with Gasteiger partial charge in [-0.15, -0.1) is 0 Å². The first-order valence-corrected chi connectivity index (χ1v) is 17.9. The van der Waals surface area contributed by atoms with Gasteiger partial charge in [-0.25, -0.2) is 0 Å². The molecule has 0 fully saturated rings. The fourth-order valence-corrected chi connectivity index (χ4v) is 4.97. The normalized spacial score (nSPS) is 13.7. The van der Waals surface area contributed by atoms with Crippen molar-refractivity contribution in [2.45, 2.75) is 180 Å². The van der Waals surface area contributed by atoms with Crippen molar-refractivity contribution < 1.29 is 15.0 Å². The highest BCUT2D eigenvalue weighted by atomic mass is 16.3. The van der Waals surface area contributed by atoms with Gasteiger partial charge < -0.3 is 15.5 Å². The summed E-state index contributed by atoms with van der Waals surface area (Å²) in [6, 6.07) is -0.645. The number of rotatable bonds is 31. The fraction of sp³-hybridized carbons (Fsp3) is 0.763. The first-order valence-electron chi connectivity index (χ1n) is 17.9. The van der Waals surface area contributed by atoms with Crippen LogP contribution in [0.1, 0.15) is 168 Å². The van der Waals surface area contributed by atoms with E-state index in [4.69, 9.17) is 0 Å². The van der Waals surface area contributed by atoms with Gasteiger partial charge in [0.1, 0.15) is 0 Å². The Morgan fingerprint density at radius 2 is 0.929 bits per heavy atom. The Labute approximate surface area is 261 Å². The third kappa shape index (κ3) is 29.8. The van der Waals surface area contributed by atoms with Crippen molar-refractivity contribution in [3.63, 3.8) is 0 Å². The maximum atomic E-state index is 12.3. The minimum absolute atomic E-state index is 0.0865. The second-order valence-electron chi connectivity index (χ2n) is 11.9. The summed E-state index contributed by atoms with van der Waals surface area (Å²) in [6.45, 7) is 4.23. The van der Waals surface area contributed by atoms with Gasteiger partial charge in [0.2, 0.25) is 5.91 Å². The molecular weight excluding hydrogens is 518 g/mol. The largest absolute Gasteiger partial charge is 0.394 e. The first kappa shape index (κ1) is 40.4. The molecule has 0 spiro atoms. The van der Waals surface area contributed by atoms with Gasteiger partial charge in [0.25, 0.3) is 0 Å². The van der Waals surface area contributed by atoms with E-state index in [1.807, 2.05) is 6.08 Å². The second kappa shape index (κ2) is 33.8. The van der Waals surface area contributed by atoms with E-state index in [9.17, 15) is 15.0 Å². The average molecular weight is 588 g/mol. The van der Waals surface area contributed by atoms with Crippen molar-refractivity contribution in [2.75, 3.05) is 6.61 Å². The number of carbonyl (C=O) groups is 1. The molecule has 0 saturated heterocycles. The molecule has 0 bridgehead atoms. The number of allylic oxidation sites excluding steroid dienone is 7. The average Bonchev–Trinajstić information content (AvgIpc) is 2.99. The quantitative estimate of drug-likeness (QED) is 0.0558. The molecule has 0 aliphatic rings. The second-order valence-corrected chi connectivity index (χ2v) is 11.9. The highest BCUT2D eigenvalue weighted by molar-refractivity contribution is 5.76. The van der Waals surface area contributed by atoms with E-state index in [0.717, 1.165) is 38.5 Å². The van der Waals surface area contributed by atoms with Crippen LogP contribution in [-0.2, 0) is 4.79 Å². The van der Waals surface area contributed by atoms with E-state index >= 15 is 0 Å². The van der Waals surface area contributed by atoms with Crippen LogP contribution in [0.2, 0.25) is 0 Å². The number of aliphatic hydroxyl groups is 2. The number of unbranched alkanes of at least 4 members (excludes halogenated alkanes) is 18. The number of aliphatic hydroxyl groups excluding tert-OH is 2. The van der Waals surface area contributed by atoms with Gasteiger partial charge in [-0.1, -0.05) is 140 Å². The first-order chi connectivity index (χ1) is 20.7. The van der Waals surface area contributed by atoms with Crippen LogP contribution in [-0.4, -0.2) is 34.9 Å². The van der Waals surface area contributed by atoms with Gasteiger partial charge in [-0.3, -0.25) is 4.79 Å². The van der Waals surface area contributed by atoms with Gasteiger partial charge in [-0.05, 0) is 70.6 Å². The third-order valence-electron chi connectivity index (χ3n) is 7.76. The Hall–Kier alpha value is -1.65. The predicted molar refractivity (Wildman–Crippen MR) is 184 cm³/mol. The summed E-state index contributed by atoms with van der Waals surface area (Å²) in [5.41, 5.74) is 0. The van der Waals surface area contributed by atoms with Crippen LogP contribution in [0.25, 0.3) is 0 Å². The number of nitrogens with one attached hydrogen (secondary N) is 1. The maximum absolute atomic E-state index is 12.3. The monoisotopic (exact) mass is 588 g/mol. The molecule has 0 saturated carbocycles.